The summed E-state index contributed by atoms with van der Waals surface area (Å²) in [6.07, 6.45) is 3.14. The van der Waals surface area contributed by atoms with Gasteiger partial charge in [-0.3, -0.25) is 9.59 Å². The first kappa shape index (κ1) is 22.2. The molecule has 2 aliphatic heterocycles. The number of anilines is 1. The molecule has 0 N–H and O–H groups in total. The number of likely N-dealkylation sites (tertiary alicyclic amines) is 1. The zero-order valence-corrected chi connectivity index (χ0v) is 18.7. The predicted octanol–water partition coefficient (Wildman–Crippen LogP) is 2.70. The van der Waals surface area contributed by atoms with Gasteiger partial charge in [0.2, 0.25) is 0 Å². The first-order valence-corrected chi connectivity index (χ1v) is 11.3. The van der Waals surface area contributed by atoms with Gasteiger partial charge in [-0.15, -0.1) is 0 Å². The zero-order valence-electron chi connectivity index (χ0n) is 18.7. The third-order valence-electron chi connectivity index (χ3n) is 5.91. The molecular weight excluding hydrogens is 408 g/mol. The van der Waals surface area contributed by atoms with Crippen LogP contribution in [0.4, 0.5) is 5.82 Å². The van der Waals surface area contributed by atoms with Crippen LogP contribution in [0, 0.1) is 12.8 Å². The van der Waals surface area contributed by atoms with Gasteiger partial charge < -0.3 is 19.3 Å². The minimum absolute atomic E-state index is 0.142. The highest BCUT2D eigenvalue weighted by molar-refractivity contribution is 5.99. The molecule has 32 heavy (non-hydrogen) atoms. The molecule has 8 heteroatoms. The lowest BCUT2D eigenvalue weighted by Crippen LogP contribution is -2.44. The molecule has 1 amide bonds. The lowest BCUT2D eigenvalue weighted by atomic mass is 9.97. The van der Waals surface area contributed by atoms with E-state index in [9.17, 15) is 9.59 Å². The Labute approximate surface area is 188 Å². The normalized spacial score (nSPS) is 19.0. The van der Waals surface area contributed by atoms with Crippen LogP contribution in [0.25, 0.3) is 11.4 Å². The van der Waals surface area contributed by atoms with Crippen LogP contribution in [0.5, 0.6) is 0 Å². The van der Waals surface area contributed by atoms with E-state index >= 15 is 0 Å². The zero-order chi connectivity index (χ0) is 22.5. The standard InChI is InChI=1S/C24H30N4O4/c1-3-32-24(30)19-8-5-9-28(16-19)23(29)20-15-25-21(18-7-4-6-17(2)14-18)26-22(20)27-10-12-31-13-11-27/h4,6-7,14-15,19H,3,5,8-13,16H2,1-2H3. The lowest BCUT2D eigenvalue weighted by Gasteiger charge is -2.33. The van der Waals surface area contributed by atoms with Gasteiger partial charge in [0.25, 0.3) is 5.91 Å². The van der Waals surface area contributed by atoms with Crippen molar-refractivity contribution in [1.82, 2.24) is 14.9 Å². The average molecular weight is 439 g/mol. The SMILES string of the molecule is CCOC(=O)C1CCCN(C(=O)c2cnc(-c3cccc(C)c3)nc2N2CCOCC2)C1. The van der Waals surface area contributed by atoms with E-state index in [-0.39, 0.29) is 17.8 Å². The molecule has 1 atom stereocenters. The van der Waals surface area contributed by atoms with Crippen molar-refractivity contribution in [2.75, 3.05) is 50.9 Å². The maximum absolute atomic E-state index is 13.5. The summed E-state index contributed by atoms with van der Waals surface area (Å²) in [5, 5.41) is 0. The van der Waals surface area contributed by atoms with E-state index in [0.29, 0.717) is 63.2 Å². The van der Waals surface area contributed by atoms with Crippen molar-refractivity contribution in [2.45, 2.75) is 26.7 Å². The van der Waals surface area contributed by atoms with Crippen LogP contribution in [0.1, 0.15) is 35.7 Å². The third kappa shape index (κ3) is 4.91. The number of morpholine rings is 1. The van der Waals surface area contributed by atoms with Gasteiger partial charge in [-0.25, -0.2) is 9.97 Å². The molecule has 0 saturated carbocycles. The van der Waals surface area contributed by atoms with Gasteiger partial charge in [-0.2, -0.15) is 0 Å². The van der Waals surface area contributed by atoms with Crippen LogP contribution in [-0.2, 0) is 14.3 Å². The van der Waals surface area contributed by atoms with Gasteiger partial charge in [-0.05, 0) is 32.8 Å². The van der Waals surface area contributed by atoms with E-state index in [1.54, 1.807) is 18.0 Å². The number of esters is 1. The summed E-state index contributed by atoms with van der Waals surface area (Å²) in [6.45, 7) is 7.64. The summed E-state index contributed by atoms with van der Waals surface area (Å²) in [6, 6.07) is 8.02. The van der Waals surface area contributed by atoms with Crippen molar-refractivity contribution >= 4 is 17.7 Å². The van der Waals surface area contributed by atoms with Gasteiger partial charge in [0.1, 0.15) is 11.4 Å². The Morgan fingerprint density at radius 1 is 1.22 bits per heavy atom. The summed E-state index contributed by atoms with van der Waals surface area (Å²) < 4.78 is 10.7. The molecule has 3 heterocycles. The molecule has 1 aromatic carbocycles. The smallest absolute Gasteiger partial charge is 0.310 e. The van der Waals surface area contributed by atoms with Crippen LogP contribution in [-0.4, -0.2) is 72.7 Å². The molecule has 2 aliphatic rings. The number of aromatic nitrogens is 2. The number of ether oxygens (including phenoxy) is 2. The number of carbonyl (C=O) groups excluding carboxylic acids is 2. The molecule has 0 aliphatic carbocycles. The topological polar surface area (TPSA) is 84.9 Å². The van der Waals surface area contributed by atoms with Gasteiger partial charge in [0, 0.05) is 37.9 Å². The Hall–Kier alpha value is -3.00. The number of nitrogens with zero attached hydrogens (tertiary/aromatic N) is 4. The largest absolute Gasteiger partial charge is 0.466 e. The fourth-order valence-corrected chi connectivity index (χ4v) is 4.25. The predicted molar refractivity (Wildman–Crippen MR) is 120 cm³/mol. The van der Waals surface area contributed by atoms with Gasteiger partial charge >= 0.3 is 5.97 Å². The molecular formula is C24H30N4O4. The number of hydrogen-bond donors (Lipinski definition) is 0. The maximum atomic E-state index is 13.5. The van der Waals surface area contributed by atoms with E-state index < -0.39 is 0 Å². The highest BCUT2D eigenvalue weighted by Gasteiger charge is 2.32. The number of benzene rings is 1. The van der Waals surface area contributed by atoms with Crippen molar-refractivity contribution in [3.8, 4) is 11.4 Å². The molecule has 0 spiro atoms. The quantitative estimate of drug-likeness (QED) is 0.664. The lowest BCUT2D eigenvalue weighted by molar-refractivity contribution is -0.149. The van der Waals surface area contributed by atoms with E-state index in [2.05, 4.69) is 9.88 Å². The van der Waals surface area contributed by atoms with E-state index in [0.717, 1.165) is 24.0 Å². The third-order valence-corrected chi connectivity index (χ3v) is 5.91. The summed E-state index contributed by atoms with van der Waals surface area (Å²) >= 11 is 0. The summed E-state index contributed by atoms with van der Waals surface area (Å²) in [5.74, 6) is 0.561. The van der Waals surface area contributed by atoms with E-state index in [4.69, 9.17) is 14.5 Å². The van der Waals surface area contributed by atoms with Crippen molar-refractivity contribution in [1.29, 1.82) is 0 Å². The molecule has 0 radical (unpaired) electrons. The summed E-state index contributed by atoms with van der Waals surface area (Å²) in [5.41, 5.74) is 2.50. The first-order chi connectivity index (χ1) is 15.6. The molecule has 2 saturated heterocycles. The number of carbonyl (C=O) groups is 2. The second kappa shape index (κ2) is 10.1. The van der Waals surface area contributed by atoms with Gasteiger partial charge in [0.05, 0.1) is 25.7 Å². The molecule has 4 rings (SSSR count). The average Bonchev–Trinajstić information content (AvgIpc) is 2.84. The van der Waals surface area contributed by atoms with Crippen molar-refractivity contribution < 1.29 is 19.1 Å². The molecule has 1 unspecified atom stereocenters. The molecule has 170 valence electrons. The van der Waals surface area contributed by atoms with E-state index in [1.165, 1.54) is 0 Å². The van der Waals surface area contributed by atoms with Crippen molar-refractivity contribution in [2.24, 2.45) is 5.92 Å². The fraction of sp³-hybridized carbons (Fsp3) is 0.500. The van der Waals surface area contributed by atoms with E-state index in [1.807, 2.05) is 31.2 Å². The summed E-state index contributed by atoms with van der Waals surface area (Å²) in [4.78, 5) is 39.0. The molecule has 0 bridgehead atoms. The molecule has 2 fully saturated rings. The first-order valence-electron chi connectivity index (χ1n) is 11.3. The Morgan fingerprint density at radius 2 is 2.03 bits per heavy atom. The van der Waals surface area contributed by atoms with Crippen LogP contribution < -0.4 is 4.90 Å². The van der Waals surface area contributed by atoms with Crippen LogP contribution in [0.3, 0.4) is 0 Å². The molecule has 2 aromatic rings. The Morgan fingerprint density at radius 3 is 2.78 bits per heavy atom. The number of aryl methyl sites for hydroxylation is 1. The second-order valence-corrected chi connectivity index (χ2v) is 8.24. The number of amides is 1. The maximum Gasteiger partial charge on any atom is 0.310 e. The Kier molecular flexibility index (Phi) is 6.99. The minimum atomic E-state index is -0.285. The van der Waals surface area contributed by atoms with Crippen molar-refractivity contribution in [3.63, 3.8) is 0 Å². The summed E-state index contributed by atoms with van der Waals surface area (Å²) in [7, 11) is 0. The molecule has 1 aromatic heterocycles. The number of hydrogen-bond acceptors (Lipinski definition) is 7. The van der Waals surface area contributed by atoms with Crippen LogP contribution in [0.2, 0.25) is 0 Å². The fourth-order valence-electron chi connectivity index (χ4n) is 4.25. The molecule has 8 nitrogen and oxygen atoms in total. The van der Waals surface area contributed by atoms with Crippen molar-refractivity contribution in [3.05, 3.63) is 41.6 Å². The highest BCUT2D eigenvalue weighted by Crippen LogP contribution is 2.27. The van der Waals surface area contributed by atoms with Crippen LogP contribution >= 0.6 is 0 Å². The number of piperidine rings is 1. The second-order valence-electron chi connectivity index (χ2n) is 8.24. The minimum Gasteiger partial charge on any atom is -0.466 e. The van der Waals surface area contributed by atoms with Gasteiger partial charge in [-0.1, -0.05) is 23.8 Å². The van der Waals surface area contributed by atoms with Crippen LogP contribution in [0.15, 0.2) is 30.5 Å². The Bertz CT molecular complexity index is 974. The highest BCUT2D eigenvalue weighted by atomic mass is 16.5. The van der Waals surface area contributed by atoms with Gasteiger partial charge in [0.15, 0.2) is 5.82 Å². The monoisotopic (exact) mass is 438 g/mol. The number of rotatable bonds is 5. The Balaban J connectivity index is 1.64.